The van der Waals surface area contributed by atoms with Gasteiger partial charge >= 0.3 is 27.6 Å². The molecule has 0 aromatic heterocycles. The van der Waals surface area contributed by atoms with Crippen molar-refractivity contribution in [2.45, 2.75) is 200 Å². The monoisotopic (exact) mass is 923 g/mol. The average Bonchev–Trinajstić information content (AvgIpc) is 3.21. The molecule has 0 saturated heterocycles. The lowest BCUT2D eigenvalue weighted by Gasteiger charge is -2.20. The molecule has 0 spiro atoms. The molecule has 0 aliphatic heterocycles. The smallest absolute Gasteiger partial charge is 0.462 e. The first kappa shape index (κ1) is 60.0. The molecule has 16 heteroatoms. The number of phosphoric acid groups is 2. The number of hydrogen-bond acceptors (Lipinski definition) is 11. The van der Waals surface area contributed by atoms with Gasteiger partial charge in [0, 0.05) is 12.8 Å². The molecule has 362 valence electrons. The summed E-state index contributed by atoms with van der Waals surface area (Å²) in [5, 5.41) is 19.8. The van der Waals surface area contributed by atoms with Crippen LogP contribution in [0.5, 0.6) is 0 Å². The number of ether oxygens (including phenoxy) is 2. The highest BCUT2D eigenvalue weighted by Crippen LogP contribution is 2.43. The zero-order valence-electron chi connectivity index (χ0n) is 38.2. The Hall–Kier alpha value is -1.96. The van der Waals surface area contributed by atoms with Gasteiger partial charge < -0.3 is 34.4 Å². The van der Waals surface area contributed by atoms with E-state index in [-0.39, 0.29) is 12.8 Å². The quantitative estimate of drug-likeness (QED) is 0.0126. The molecule has 0 rings (SSSR count). The Morgan fingerprint density at radius 1 is 0.581 bits per heavy atom. The Kier molecular flexibility index (Phi) is 39.3. The number of unbranched alkanes of at least 4 members (excludes halogenated alkanes) is 17. The molecule has 1 unspecified atom stereocenters. The molecule has 0 radical (unpaired) electrons. The number of carbonyl (C=O) groups excluding carboxylic acids is 2. The Morgan fingerprint density at radius 3 is 1.74 bits per heavy atom. The van der Waals surface area contributed by atoms with E-state index < -0.39 is 72.3 Å². The number of esters is 2. The molecule has 0 aromatic carbocycles. The second kappa shape index (κ2) is 40.5. The predicted octanol–water partition coefficient (Wildman–Crippen LogP) is 11.1. The van der Waals surface area contributed by atoms with Crippen LogP contribution in [0.15, 0.2) is 48.6 Å². The fraction of sp³-hybridized carbons (Fsp3) is 0.783. The first-order valence-corrected chi connectivity index (χ1v) is 26.3. The van der Waals surface area contributed by atoms with Gasteiger partial charge in [-0.2, -0.15) is 0 Å². The van der Waals surface area contributed by atoms with Gasteiger partial charge in [0.05, 0.1) is 25.9 Å². The van der Waals surface area contributed by atoms with Gasteiger partial charge in [-0.05, 0) is 50.9 Å². The third-order valence-electron chi connectivity index (χ3n) is 9.72. The molecule has 0 aliphatic carbocycles. The highest BCUT2D eigenvalue weighted by Gasteiger charge is 2.28. The maximum absolute atomic E-state index is 12.7. The lowest BCUT2D eigenvalue weighted by atomic mass is 10.0. The number of aliphatic hydroxyl groups is 2. The van der Waals surface area contributed by atoms with Crippen LogP contribution in [0.3, 0.4) is 0 Å². The van der Waals surface area contributed by atoms with Crippen molar-refractivity contribution in [3.8, 4) is 0 Å². The summed E-state index contributed by atoms with van der Waals surface area (Å²) in [5.41, 5.74) is 0. The highest BCUT2D eigenvalue weighted by molar-refractivity contribution is 7.47. The van der Waals surface area contributed by atoms with Crippen molar-refractivity contribution in [2.75, 3.05) is 26.4 Å². The van der Waals surface area contributed by atoms with Crippen molar-refractivity contribution in [3.05, 3.63) is 48.6 Å². The molecule has 14 nitrogen and oxygen atoms in total. The summed E-state index contributed by atoms with van der Waals surface area (Å²) in [4.78, 5) is 52.8. The van der Waals surface area contributed by atoms with Crippen LogP contribution in [0.25, 0.3) is 0 Å². The third-order valence-corrected chi connectivity index (χ3v) is 11.2. The normalized spacial score (nSPS) is 15.0. The number of allylic oxidation sites excluding steroid dienone is 6. The summed E-state index contributed by atoms with van der Waals surface area (Å²) in [7, 11) is -9.72. The fourth-order valence-electron chi connectivity index (χ4n) is 6.14. The Morgan fingerprint density at radius 2 is 1.13 bits per heavy atom. The highest BCUT2D eigenvalue weighted by atomic mass is 31.2. The van der Waals surface area contributed by atoms with Crippen LogP contribution in [0.4, 0.5) is 0 Å². The molecule has 4 atom stereocenters. The lowest BCUT2D eigenvalue weighted by Crippen LogP contribution is -2.29. The second-order valence-electron chi connectivity index (χ2n) is 16.4. The van der Waals surface area contributed by atoms with Gasteiger partial charge in [-0.15, -0.1) is 0 Å². The maximum Gasteiger partial charge on any atom is 0.472 e. The zero-order valence-corrected chi connectivity index (χ0v) is 40.0. The first-order valence-electron chi connectivity index (χ1n) is 23.3. The van der Waals surface area contributed by atoms with Crippen LogP contribution < -0.4 is 0 Å². The molecule has 0 fully saturated rings. The summed E-state index contributed by atoms with van der Waals surface area (Å²) in [6.45, 7) is 3.92. The van der Waals surface area contributed by atoms with Crippen molar-refractivity contribution in [1.82, 2.24) is 0 Å². The van der Waals surface area contributed by atoms with E-state index in [1.807, 2.05) is 36.5 Å². The first-order chi connectivity index (χ1) is 29.6. The zero-order chi connectivity index (χ0) is 46.2. The molecular formula is C46H84O14P2. The third kappa shape index (κ3) is 44.6. The minimum absolute atomic E-state index is 0.0238. The Labute approximate surface area is 373 Å². The van der Waals surface area contributed by atoms with Crippen molar-refractivity contribution in [1.29, 1.82) is 0 Å². The van der Waals surface area contributed by atoms with Gasteiger partial charge in [-0.1, -0.05) is 172 Å². The standard InChI is InChI=1S/C46H84O14P2/c1-4-5-6-7-23-28-33-42(47)34-29-24-19-16-17-21-26-31-36-46(50)60-44(40-59-62(54,55)58-38-43(48)37-57-61(51,52)53)39-56-45(49)35-30-25-20-15-13-11-9-8-10-12-14-18-22-27-32-41(2)3/h17,19,21,23-24,28-29,34,41-44,47-48H,4-16,18,20,22,25-27,30-33,35-40H2,1-3H3,(H,54,55)(H2,51,52,53)/b21-17-,24-19-,28-23-,34-29+/t42-,43-,44+/m0/s1. The van der Waals surface area contributed by atoms with Gasteiger partial charge in [-0.3, -0.25) is 23.2 Å². The predicted molar refractivity (Wildman–Crippen MR) is 245 cm³/mol. The van der Waals surface area contributed by atoms with Crippen LogP contribution >= 0.6 is 15.6 Å². The van der Waals surface area contributed by atoms with Gasteiger partial charge in [0.25, 0.3) is 0 Å². The Balaban J connectivity index is 4.62. The van der Waals surface area contributed by atoms with Gasteiger partial charge in [0.15, 0.2) is 6.10 Å². The molecule has 0 aromatic rings. The Bertz CT molecular complexity index is 1310. The number of hydrogen-bond donors (Lipinski definition) is 5. The molecule has 0 aliphatic rings. The van der Waals surface area contributed by atoms with Crippen molar-refractivity contribution < 1.29 is 66.7 Å². The summed E-state index contributed by atoms with van der Waals surface area (Å²) in [6, 6.07) is 0. The number of rotatable bonds is 43. The summed E-state index contributed by atoms with van der Waals surface area (Å²) in [5.74, 6) is -0.327. The van der Waals surface area contributed by atoms with Crippen LogP contribution in [-0.4, -0.2) is 81.6 Å². The average molecular weight is 923 g/mol. The van der Waals surface area contributed by atoms with Gasteiger partial charge in [0.1, 0.15) is 12.7 Å². The van der Waals surface area contributed by atoms with Crippen molar-refractivity contribution in [3.63, 3.8) is 0 Å². The number of phosphoric ester groups is 2. The number of carbonyl (C=O) groups is 2. The van der Waals surface area contributed by atoms with Crippen LogP contribution in [0.1, 0.15) is 181 Å². The minimum Gasteiger partial charge on any atom is -0.462 e. The minimum atomic E-state index is -4.88. The maximum atomic E-state index is 12.7. The molecule has 62 heavy (non-hydrogen) atoms. The SMILES string of the molecule is CCCCC/C=C\C[C@H](O)/C=C/C=C\C/C=C\CCCC(=O)O[C@H](COC(=O)CCCCCCCCCCCCCCCCC(C)C)COP(=O)(O)OC[C@@H](O)COP(=O)(O)O. The van der Waals surface area contributed by atoms with Crippen LogP contribution in [0.2, 0.25) is 0 Å². The van der Waals surface area contributed by atoms with E-state index in [9.17, 15) is 33.8 Å². The molecule has 0 heterocycles. The fourth-order valence-corrected chi connectivity index (χ4v) is 7.29. The molecule has 0 bridgehead atoms. The van der Waals surface area contributed by atoms with Crippen LogP contribution in [-0.2, 0) is 41.8 Å². The van der Waals surface area contributed by atoms with Crippen LogP contribution in [0, 0.1) is 5.92 Å². The largest absolute Gasteiger partial charge is 0.472 e. The molecular weight excluding hydrogens is 838 g/mol. The summed E-state index contributed by atoms with van der Waals surface area (Å²) in [6.07, 6.45) is 37.1. The summed E-state index contributed by atoms with van der Waals surface area (Å²) >= 11 is 0. The van der Waals surface area contributed by atoms with E-state index >= 15 is 0 Å². The second-order valence-corrected chi connectivity index (χ2v) is 19.1. The van der Waals surface area contributed by atoms with E-state index in [2.05, 4.69) is 35.9 Å². The van der Waals surface area contributed by atoms with E-state index in [4.69, 9.17) is 23.8 Å². The van der Waals surface area contributed by atoms with Crippen molar-refractivity contribution >= 4 is 27.6 Å². The summed E-state index contributed by atoms with van der Waals surface area (Å²) < 4.78 is 47.7. The molecule has 5 N–H and O–H groups in total. The van der Waals surface area contributed by atoms with E-state index in [0.29, 0.717) is 32.1 Å². The van der Waals surface area contributed by atoms with E-state index in [1.165, 1.54) is 89.9 Å². The van der Waals surface area contributed by atoms with Gasteiger partial charge in [0.2, 0.25) is 0 Å². The molecule has 0 saturated carbocycles. The topological polar surface area (TPSA) is 216 Å². The molecule has 0 amide bonds. The lowest BCUT2D eigenvalue weighted by molar-refractivity contribution is -0.161. The van der Waals surface area contributed by atoms with E-state index in [1.54, 1.807) is 6.08 Å². The van der Waals surface area contributed by atoms with E-state index in [0.717, 1.165) is 31.6 Å². The van der Waals surface area contributed by atoms with Gasteiger partial charge in [-0.25, -0.2) is 9.13 Å². The number of aliphatic hydroxyl groups excluding tert-OH is 2. The van der Waals surface area contributed by atoms with Crippen molar-refractivity contribution in [2.24, 2.45) is 5.92 Å².